The van der Waals surface area contributed by atoms with Gasteiger partial charge in [-0.3, -0.25) is 15.2 Å². The third kappa shape index (κ3) is 10.7. The van der Waals surface area contributed by atoms with Gasteiger partial charge < -0.3 is 17.2 Å². The summed E-state index contributed by atoms with van der Waals surface area (Å²) >= 11 is 1.20. The van der Waals surface area contributed by atoms with E-state index in [1.165, 1.54) is 11.8 Å². The number of nitrogens with two attached hydrogens (primary N) is 3. The number of guanidine groups is 1. The lowest BCUT2D eigenvalue weighted by molar-refractivity contribution is -0.111. The van der Waals surface area contributed by atoms with Gasteiger partial charge in [0.25, 0.3) is 0 Å². The number of nitrogens with one attached hydrogen (secondary N) is 1. The monoisotopic (exact) mass is 231 g/mol. The first-order valence-corrected chi connectivity index (χ1v) is 5.55. The highest BCUT2D eigenvalue weighted by Gasteiger charge is 2.02. The van der Waals surface area contributed by atoms with E-state index in [0.717, 1.165) is 0 Å². The maximum atomic E-state index is 11.2. The molecule has 0 heterocycles. The molecule has 0 aliphatic rings. The number of aliphatic imine (C=N–C) groups is 1. The molecule has 7 heteroatoms. The maximum Gasteiger partial charge on any atom is 0.189 e. The van der Waals surface area contributed by atoms with Crippen molar-refractivity contribution in [3.05, 3.63) is 0 Å². The van der Waals surface area contributed by atoms with Crippen molar-refractivity contribution in [1.82, 2.24) is 0 Å². The van der Waals surface area contributed by atoms with E-state index in [2.05, 4.69) is 4.99 Å². The van der Waals surface area contributed by atoms with Gasteiger partial charge >= 0.3 is 0 Å². The molecule has 0 fully saturated rings. The topological polar surface area (TPSA) is 131 Å². The van der Waals surface area contributed by atoms with E-state index in [4.69, 9.17) is 22.6 Å². The predicted octanol–water partition coefficient (Wildman–Crippen LogP) is -0.374. The number of carbonyl (C=O) groups excluding carboxylic acids is 1. The SMILES string of the molecule is N=C(N)CCCC(=O)SCCN=C(N)N. The summed E-state index contributed by atoms with van der Waals surface area (Å²) in [4.78, 5) is 15.0. The largest absolute Gasteiger partial charge is 0.388 e. The molecule has 0 spiro atoms. The quantitative estimate of drug-likeness (QED) is 0.269. The van der Waals surface area contributed by atoms with Crippen LogP contribution in [-0.2, 0) is 4.79 Å². The van der Waals surface area contributed by atoms with E-state index >= 15 is 0 Å². The number of rotatable bonds is 7. The van der Waals surface area contributed by atoms with Crippen LogP contribution in [0.2, 0.25) is 0 Å². The molecule has 86 valence electrons. The molecule has 0 aliphatic carbocycles. The van der Waals surface area contributed by atoms with E-state index < -0.39 is 0 Å². The molecule has 0 saturated heterocycles. The fourth-order valence-corrected chi connectivity index (χ4v) is 1.53. The first-order chi connectivity index (χ1) is 7.02. The zero-order valence-corrected chi connectivity index (χ0v) is 9.35. The van der Waals surface area contributed by atoms with Crippen molar-refractivity contribution in [2.45, 2.75) is 19.3 Å². The summed E-state index contributed by atoms with van der Waals surface area (Å²) in [5, 5.41) is 7.05. The van der Waals surface area contributed by atoms with Crippen molar-refractivity contribution in [2.75, 3.05) is 12.3 Å². The molecule has 0 unspecified atom stereocenters. The molecule has 0 saturated carbocycles. The summed E-state index contributed by atoms with van der Waals surface area (Å²) < 4.78 is 0. The Bertz CT molecular complexity index is 249. The van der Waals surface area contributed by atoms with E-state index in [-0.39, 0.29) is 16.9 Å². The Morgan fingerprint density at radius 3 is 2.47 bits per heavy atom. The van der Waals surface area contributed by atoms with Gasteiger partial charge in [0, 0.05) is 18.6 Å². The van der Waals surface area contributed by atoms with E-state index in [9.17, 15) is 4.79 Å². The average molecular weight is 231 g/mol. The van der Waals surface area contributed by atoms with Crippen LogP contribution in [0.5, 0.6) is 0 Å². The van der Waals surface area contributed by atoms with Crippen LogP contribution in [0.3, 0.4) is 0 Å². The first kappa shape index (κ1) is 13.8. The molecular weight excluding hydrogens is 214 g/mol. The van der Waals surface area contributed by atoms with Crippen molar-refractivity contribution < 1.29 is 4.79 Å². The highest BCUT2D eigenvalue weighted by Crippen LogP contribution is 2.08. The smallest absolute Gasteiger partial charge is 0.189 e. The Balaban J connectivity index is 3.42. The minimum Gasteiger partial charge on any atom is -0.388 e. The lowest BCUT2D eigenvalue weighted by Crippen LogP contribution is -2.23. The second kappa shape index (κ2) is 8.10. The highest BCUT2D eigenvalue weighted by molar-refractivity contribution is 8.13. The van der Waals surface area contributed by atoms with Crippen molar-refractivity contribution >= 4 is 28.7 Å². The normalized spacial score (nSPS) is 9.60. The molecule has 15 heavy (non-hydrogen) atoms. The summed E-state index contributed by atoms with van der Waals surface area (Å²) in [6.07, 6.45) is 1.54. The van der Waals surface area contributed by atoms with Gasteiger partial charge in [-0.2, -0.15) is 0 Å². The molecule has 0 radical (unpaired) electrons. The standard InChI is InChI=1S/C8H17N5OS/c9-6(10)2-1-3-7(14)15-5-4-13-8(11)12/h1-5H2,(H3,9,10)(H4,11,12,13). The van der Waals surface area contributed by atoms with Crippen LogP contribution in [0, 0.1) is 5.41 Å². The number of nitrogens with zero attached hydrogens (tertiary/aromatic N) is 1. The lowest BCUT2D eigenvalue weighted by atomic mass is 10.2. The molecular formula is C8H17N5OS. The third-order valence-corrected chi connectivity index (χ3v) is 2.39. The van der Waals surface area contributed by atoms with Crippen LogP contribution < -0.4 is 17.2 Å². The summed E-state index contributed by atoms with van der Waals surface area (Å²) in [6, 6.07) is 0. The van der Waals surface area contributed by atoms with Gasteiger partial charge in [-0.1, -0.05) is 11.8 Å². The molecule has 0 aromatic carbocycles. The van der Waals surface area contributed by atoms with Crippen LogP contribution in [0.25, 0.3) is 0 Å². The van der Waals surface area contributed by atoms with E-state index in [1.807, 2.05) is 0 Å². The number of hydrogen-bond acceptors (Lipinski definition) is 4. The van der Waals surface area contributed by atoms with E-state index in [0.29, 0.717) is 31.6 Å². The number of amidine groups is 1. The summed E-state index contributed by atoms with van der Waals surface area (Å²) in [5.74, 6) is 0.740. The van der Waals surface area contributed by atoms with Crippen LogP contribution in [-0.4, -0.2) is 29.2 Å². The fourth-order valence-electron chi connectivity index (χ4n) is 0.830. The van der Waals surface area contributed by atoms with Gasteiger partial charge in [-0.15, -0.1) is 0 Å². The second-order valence-electron chi connectivity index (χ2n) is 2.91. The molecule has 0 aromatic rings. The fraction of sp³-hybridized carbons (Fsp3) is 0.625. The molecule has 6 nitrogen and oxygen atoms in total. The highest BCUT2D eigenvalue weighted by atomic mass is 32.2. The van der Waals surface area contributed by atoms with Crippen LogP contribution in [0.4, 0.5) is 0 Å². The molecule has 0 amide bonds. The number of carbonyl (C=O) groups is 1. The molecule has 0 rings (SSSR count). The van der Waals surface area contributed by atoms with Crippen LogP contribution in [0.1, 0.15) is 19.3 Å². The Morgan fingerprint density at radius 2 is 1.93 bits per heavy atom. The Morgan fingerprint density at radius 1 is 1.27 bits per heavy atom. The first-order valence-electron chi connectivity index (χ1n) is 4.56. The van der Waals surface area contributed by atoms with Crippen molar-refractivity contribution in [1.29, 1.82) is 5.41 Å². The predicted molar refractivity (Wildman–Crippen MR) is 63.9 cm³/mol. The minimum atomic E-state index is 0.0413. The maximum absolute atomic E-state index is 11.2. The molecule has 0 aliphatic heterocycles. The number of thioether (sulfide) groups is 1. The van der Waals surface area contributed by atoms with Gasteiger partial charge in [0.15, 0.2) is 11.1 Å². The van der Waals surface area contributed by atoms with Gasteiger partial charge in [-0.25, -0.2) is 0 Å². The minimum absolute atomic E-state index is 0.0413. The van der Waals surface area contributed by atoms with Gasteiger partial charge in [0.2, 0.25) is 0 Å². The van der Waals surface area contributed by atoms with Crippen molar-refractivity contribution in [2.24, 2.45) is 22.2 Å². The molecule has 7 N–H and O–H groups in total. The Labute approximate surface area is 93.2 Å². The van der Waals surface area contributed by atoms with Crippen LogP contribution in [0.15, 0.2) is 4.99 Å². The zero-order chi connectivity index (χ0) is 11.7. The van der Waals surface area contributed by atoms with Crippen LogP contribution >= 0.6 is 11.8 Å². The summed E-state index contributed by atoms with van der Waals surface area (Å²) in [5.41, 5.74) is 15.4. The molecule has 0 aromatic heterocycles. The van der Waals surface area contributed by atoms with Gasteiger partial charge in [-0.05, 0) is 6.42 Å². The second-order valence-corrected chi connectivity index (χ2v) is 4.06. The third-order valence-electron chi connectivity index (χ3n) is 1.48. The molecule has 0 bridgehead atoms. The van der Waals surface area contributed by atoms with Crippen molar-refractivity contribution in [3.63, 3.8) is 0 Å². The van der Waals surface area contributed by atoms with Gasteiger partial charge in [0.1, 0.15) is 0 Å². The Kier molecular flexibility index (Phi) is 7.43. The number of hydrogen-bond donors (Lipinski definition) is 4. The Hall–Kier alpha value is -1.24. The summed E-state index contributed by atoms with van der Waals surface area (Å²) in [6.45, 7) is 0.450. The molecule has 0 atom stereocenters. The van der Waals surface area contributed by atoms with Crippen molar-refractivity contribution in [3.8, 4) is 0 Å². The van der Waals surface area contributed by atoms with Gasteiger partial charge in [0.05, 0.1) is 12.4 Å². The lowest BCUT2D eigenvalue weighted by Gasteiger charge is -1.99. The van der Waals surface area contributed by atoms with E-state index in [1.54, 1.807) is 0 Å². The summed E-state index contributed by atoms with van der Waals surface area (Å²) in [7, 11) is 0. The zero-order valence-electron chi connectivity index (χ0n) is 8.53. The average Bonchev–Trinajstić information content (AvgIpc) is 2.11.